The molecule has 17 heavy (non-hydrogen) atoms. The molecule has 0 aliphatic heterocycles. The Kier molecular flexibility index (Phi) is 2.05. The lowest BCUT2D eigenvalue weighted by Crippen LogP contribution is -2.22. The molecular weight excluding hydrogens is 210 g/mol. The Labute approximate surface area is 101 Å². The predicted molar refractivity (Wildman–Crippen MR) is 69.2 cm³/mol. The number of rotatable bonds is 1. The topological polar surface area (TPSA) is 20.3 Å². The van der Waals surface area contributed by atoms with Crippen LogP contribution in [-0.2, 0) is 4.79 Å². The van der Waals surface area contributed by atoms with E-state index in [9.17, 15) is 4.79 Å². The van der Waals surface area contributed by atoms with Gasteiger partial charge in [-0.15, -0.1) is 0 Å². The van der Waals surface area contributed by atoms with Crippen molar-refractivity contribution in [1.82, 2.24) is 4.90 Å². The monoisotopic (exact) mass is 223 g/mol. The van der Waals surface area contributed by atoms with E-state index in [-0.39, 0.29) is 5.78 Å². The number of ketones is 1. The van der Waals surface area contributed by atoms with E-state index in [0.717, 1.165) is 28.0 Å². The van der Waals surface area contributed by atoms with Crippen LogP contribution in [0.15, 0.2) is 47.7 Å². The summed E-state index contributed by atoms with van der Waals surface area (Å²) in [5, 5.41) is 0. The first-order valence-electron chi connectivity index (χ1n) is 5.64. The number of nitrogens with zero attached hydrogens (tertiary/aromatic N) is 1. The van der Waals surface area contributed by atoms with Crippen LogP contribution in [0.3, 0.4) is 0 Å². The zero-order chi connectivity index (χ0) is 12.0. The van der Waals surface area contributed by atoms with E-state index >= 15 is 0 Å². The SMILES string of the molecule is CN(C)C1=CC=C2C(=Cc3ccccc32)C1=O. The molecule has 1 aromatic rings. The average molecular weight is 223 g/mol. The Morgan fingerprint density at radius 3 is 2.53 bits per heavy atom. The normalized spacial score (nSPS) is 16.8. The summed E-state index contributed by atoms with van der Waals surface area (Å²) in [7, 11) is 3.79. The van der Waals surface area contributed by atoms with E-state index in [4.69, 9.17) is 0 Å². The Bertz CT molecular complexity index is 603. The fourth-order valence-electron chi connectivity index (χ4n) is 2.34. The van der Waals surface area contributed by atoms with E-state index in [0.29, 0.717) is 0 Å². The highest BCUT2D eigenvalue weighted by Gasteiger charge is 2.28. The number of Topliss-reactive ketones (excluding diaryl/α,β-unsaturated/α-hetero) is 1. The van der Waals surface area contributed by atoms with Crippen LogP contribution in [0.4, 0.5) is 0 Å². The van der Waals surface area contributed by atoms with Crippen molar-refractivity contribution in [2.75, 3.05) is 14.1 Å². The van der Waals surface area contributed by atoms with Crippen LogP contribution in [0.5, 0.6) is 0 Å². The van der Waals surface area contributed by atoms with Gasteiger partial charge in [0, 0.05) is 19.7 Å². The number of likely N-dealkylation sites (N-methyl/N-ethyl adjacent to an activating group) is 1. The summed E-state index contributed by atoms with van der Waals surface area (Å²) in [4.78, 5) is 14.2. The van der Waals surface area contributed by atoms with Gasteiger partial charge in [0.25, 0.3) is 0 Å². The third kappa shape index (κ3) is 1.37. The fourth-order valence-corrected chi connectivity index (χ4v) is 2.34. The van der Waals surface area contributed by atoms with Crippen molar-refractivity contribution in [2.24, 2.45) is 0 Å². The molecule has 0 N–H and O–H groups in total. The van der Waals surface area contributed by atoms with E-state index in [2.05, 4.69) is 6.07 Å². The summed E-state index contributed by atoms with van der Waals surface area (Å²) < 4.78 is 0. The Morgan fingerprint density at radius 1 is 1.00 bits per heavy atom. The van der Waals surface area contributed by atoms with E-state index in [1.165, 1.54) is 0 Å². The van der Waals surface area contributed by atoms with E-state index < -0.39 is 0 Å². The molecule has 0 fully saturated rings. The van der Waals surface area contributed by atoms with E-state index in [1.54, 1.807) is 0 Å². The predicted octanol–water partition coefficient (Wildman–Crippen LogP) is 2.50. The number of fused-ring (bicyclic) bond motifs is 3. The highest BCUT2D eigenvalue weighted by molar-refractivity contribution is 6.25. The summed E-state index contributed by atoms with van der Waals surface area (Å²) in [6.45, 7) is 0. The van der Waals surface area contributed by atoms with Crippen LogP contribution in [0, 0.1) is 0 Å². The molecule has 2 nitrogen and oxygen atoms in total. The maximum absolute atomic E-state index is 12.3. The van der Waals surface area contributed by atoms with Crippen molar-refractivity contribution in [3.8, 4) is 0 Å². The zero-order valence-electron chi connectivity index (χ0n) is 9.90. The summed E-state index contributed by atoms with van der Waals surface area (Å²) in [6, 6.07) is 8.11. The maximum Gasteiger partial charge on any atom is 0.209 e. The Morgan fingerprint density at radius 2 is 1.76 bits per heavy atom. The number of carbonyl (C=O) groups is 1. The minimum Gasteiger partial charge on any atom is -0.374 e. The van der Waals surface area contributed by atoms with Crippen molar-refractivity contribution in [1.29, 1.82) is 0 Å². The van der Waals surface area contributed by atoms with Gasteiger partial charge in [0.15, 0.2) is 0 Å². The van der Waals surface area contributed by atoms with Crippen LogP contribution in [0.1, 0.15) is 11.1 Å². The molecule has 3 rings (SSSR count). The molecular formula is C15H13NO. The molecule has 84 valence electrons. The Balaban J connectivity index is 2.16. The second-order valence-corrected chi connectivity index (χ2v) is 4.50. The van der Waals surface area contributed by atoms with Crippen molar-refractivity contribution < 1.29 is 4.79 Å². The Hall–Kier alpha value is -2.09. The summed E-state index contributed by atoms with van der Waals surface area (Å²) in [5.74, 6) is 0.115. The molecule has 0 atom stereocenters. The number of allylic oxidation sites excluding steroid dienone is 4. The molecule has 0 saturated carbocycles. The minimum atomic E-state index is 0.115. The first-order chi connectivity index (χ1) is 8.18. The first kappa shape index (κ1) is 10.1. The quantitative estimate of drug-likeness (QED) is 0.729. The molecule has 1 aromatic carbocycles. The third-order valence-electron chi connectivity index (χ3n) is 3.21. The van der Waals surface area contributed by atoms with Crippen molar-refractivity contribution >= 4 is 17.4 Å². The molecule has 2 aliphatic carbocycles. The van der Waals surface area contributed by atoms with Gasteiger partial charge in [-0.05, 0) is 28.9 Å². The average Bonchev–Trinajstić information content (AvgIpc) is 2.69. The fraction of sp³-hybridized carbons (Fsp3) is 0.133. The first-order valence-corrected chi connectivity index (χ1v) is 5.64. The largest absolute Gasteiger partial charge is 0.374 e. The highest BCUT2D eigenvalue weighted by Crippen LogP contribution is 2.39. The lowest BCUT2D eigenvalue weighted by atomic mass is 9.94. The van der Waals surface area contributed by atoms with Gasteiger partial charge in [-0.3, -0.25) is 4.79 Å². The molecule has 2 aliphatic rings. The standard InChI is InChI=1S/C15H13NO/c1-16(2)14-8-7-12-11-6-4-3-5-10(11)9-13(12)15(14)17/h3-9H,1-2H3. The smallest absolute Gasteiger partial charge is 0.209 e. The molecule has 2 heteroatoms. The minimum absolute atomic E-state index is 0.115. The van der Waals surface area contributed by atoms with Crippen LogP contribution in [0.2, 0.25) is 0 Å². The van der Waals surface area contributed by atoms with Gasteiger partial charge in [0.2, 0.25) is 5.78 Å². The van der Waals surface area contributed by atoms with Crippen LogP contribution >= 0.6 is 0 Å². The lowest BCUT2D eigenvalue weighted by molar-refractivity contribution is -0.113. The van der Waals surface area contributed by atoms with Gasteiger partial charge in [-0.2, -0.15) is 0 Å². The van der Waals surface area contributed by atoms with Crippen molar-refractivity contribution in [3.63, 3.8) is 0 Å². The van der Waals surface area contributed by atoms with E-state index in [1.807, 2.05) is 55.4 Å². The third-order valence-corrected chi connectivity index (χ3v) is 3.21. The molecule has 0 aromatic heterocycles. The van der Waals surface area contributed by atoms with Gasteiger partial charge in [-0.1, -0.05) is 30.3 Å². The van der Waals surface area contributed by atoms with Gasteiger partial charge >= 0.3 is 0 Å². The zero-order valence-corrected chi connectivity index (χ0v) is 9.90. The van der Waals surface area contributed by atoms with Gasteiger partial charge in [-0.25, -0.2) is 0 Å². The molecule has 0 bridgehead atoms. The lowest BCUT2D eigenvalue weighted by Gasteiger charge is -2.20. The summed E-state index contributed by atoms with van der Waals surface area (Å²) in [6.07, 6.45) is 5.92. The van der Waals surface area contributed by atoms with Gasteiger partial charge < -0.3 is 4.90 Å². The summed E-state index contributed by atoms with van der Waals surface area (Å²) >= 11 is 0. The van der Waals surface area contributed by atoms with Gasteiger partial charge in [0.1, 0.15) is 0 Å². The molecule has 0 saturated heterocycles. The molecule has 0 unspecified atom stereocenters. The molecule has 0 heterocycles. The highest BCUT2D eigenvalue weighted by atomic mass is 16.1. The van der Waals surface area contributed by atoms with Crippen LogP contribution < -0.4 is 0 Å². The number of hydrogen-bond acceptors (Lipinski definition) is 2. The molecule has 0 radical (unpaired) electrons. The number of carbonyl (C=O) groups excluding carboxylic acids is 1. The molecule has 0 spiro atoms. The molecule has 0 amide bonds. The van der Waals surface area contributed by atoms with Crippen molar-refractivity contribution in [2.45, 2.75) is 0 Å². The number of hydrogen-bond donors (Lipinski definition) is 0. The van der Waals surface area contributed by atoms with Crippen molar-refractivity contribution in [3.05, 3.63) is 58.8 Å². The van der Waals surface area contributed by atoms with Crippen LogP contribution in [0.25, 0.3) is 11.6 Å². The van der Waals surface area contributed by atoms with Gasteiger partial charge in [0.05, 0.1) is 5.70 Å². The number of benzene rings is 1. The summed E-state index contributed by atoms with van der Waals surface area (Å²) in [5.41, 5.74) is 4.90. The second-order valence-electron chi connectivity index (χ2n) is 4.50. The maximum atomic E-state index is 12.3. The van der Waals surface area contributed by atoms with Crippen LogP contribution in [-0.4, -0.2) is 24.8 Å². The second kappa shape index (κ2) is 3.45.